The summed E-state index contributed by atoms with van der Waals surface area (Å²) in [7, 11) is 1.65. The summed E-state index contributed by atoms with van der Waals surface area (Å²) in [6, 6.07) is 9.44. The average molecular weight is 275 g/mol. The van der Waals surface area contributed by atoms with E-state index >= 15 is 0 Å². The van der Waals surface area contributed by atoms with Crippen molar-refractivity contribution < 1.29 is 9.53 Å². The quantitative estimate of drug-likeness (QED) is 0.773. The van der Waals surface area contributed by atoms with E-state index in [0.717, 1.165) is 28.7 Å². The fourth-order valence-corrected chi connectivity index (χ4v) is 2.24. The topological polar surface area (TPSA) is 26.3 Å². The molecule has 0 aliphatic heterocycles. The lowest BCUT2D eigenvalue weighted by atomic mass is 9.97. The van der Waals surface area contributed by atoms with Crippen LogP contribution >= 0.6 is 11.6 Å². The Bertz CT molecular complexity index is 633. The highest BCUT2D eigenvalue weighted by molar-refractivity contribution is 6.33. The minimum Gasteiger partial charge on any atom is -0.496 e. The first kappa shape index (κ1) is 13.6. The van der Waals surface area contributed by atoms with E-state index in [1.54, 1.807) is 19.2 Å². The number of ether oxygens (including phenoxy) is 1. The van der Waals surface area contributed by atoms with Crippen LogP contribution in [0.2, 0.25) is 5.02 Å². The number of carbonyl (C=O) groups excluding carboxylic acids is 1. The number of hydrogen-bond donors (Lipinski definition) is 0. The first-order valence-electron chi connectivity index (χ1n) is 5.97. The number of benzene rings is 2. The number of rotatable bonds is 3. The Balaban J connectivity index is 2.65. The Morgan fingerprint density at radius 2 is 1.89 bits per heavy atom. The molecular formula is C16H15ClO2. The molecule has 0 radical (unpaired) electrons. The first-order chi connectivity index (χ1) is 9.08. The van der Waals surface area contributed by atoms with Gasteiger partial charge < -0.3 is 4.74 Å². The van der Waals surface area contributed by atoms with Crippen LogP contribution in [0.15, 0.2) is 30.3 Å². The summed E-state index contributed by atoms with van der Waals surface area (Å²) in [5, 5.41) is 0.460. The van der Waals surface area contributed by atoms with Crippen molar-refractivity contribution in [1.29, 1.82) is 0 Å². The van der Waals surface area contributed by atoms with Gasteiger partial charge in [-0.1, -0.05) is 29.8 Å². The molecule has 0 aliphatic carbocycles. The molecule has 0 unspecified atom stereocenters. The van der Waals surface area contributed by atoms with E-state index in [2.05, 4.69) is 0 Å². The standard InChI is InChI=1S/C16H15ClO2/c1-10-4-6-14(16(19-3)11(10)2)12-5-7-15(17)13(8-12)9-18/h4-9H,1-3H3. The molecule has 0 bridgehead atoms. The van der Waals surface area contributed by atoms with Crippen LogP contribution in [-0.2, 0) is 0 Å². The van der Waals surface area contributed by atoms with E-state index in [4.69, 9.17) is 16.3 Å². The Hall–Kier alpha value is -1.80. The van der Waals surface area contributed by atoms with E-state index in [9.17, 15) is 4.79 Å². The third kappa shape index (κ3) is 2.49. The maximum absolute atomic E-state index is 11.0. The molecule has 0 fully saturated rings. The number of hydrogen-bond acceptors (Lipinski definition) is 2. The highest BCUT2D eigenvalue weighted by Gasteiger charge is 2.11. The van der Waals surface area contributed by atoms with Gasteiger partial charge >= 0.3 is 0 Å². The number of halogens is 1. The van der Waals surface area contributed by atoms with Gasteiger partial charge in [0.2, 0.25) is 0 Å². The smallest absolute Gasteiger partial charge is 0.151 e. The van der Waals surface area contributed by atoms with E-state index in [0.29, 0.717) is 10.6 Å². The molecule has 0 saturated heterocycles. The average Bonchev–Trinajstić information content (AvgIpc) is 2.42. The van der Waals surface area contributed by atoms with Crippen molar-refractivity contribution in [2.24, 2.45) is 0 Å². The summed E-state index contributed by atoms with van der Waals surface area (Å²) in [4.78, 5) is 11.0. The molecule has 0 saturated carbocycles. The van der Waals surface area contributed by atoms with Crippen molar-refractivity contribution >= 4 is 17.9 Å². The molecular weight excluding hydrogens is 260 g/mol. The molecule has 0 heterocycles. The van der Waals surface area contributed by atoms with Crippen molar-refractivity contribution in [2.45, 2.75) is 13.8 Å². The Morgan fingerprint density at radius 3 is 2.53 bits per heavy atom. The molecule has 19 heavy (non-hydrogen) atoms. The maximum atomic E-state index is 11.0. The lowest BCUT2D eigenvalue weighted by Crippen LogP contribution is -1.94. The zero-order chi connectivity index (χ0) is 14.0. The van der Waals surface area contributed by atoms with Gasteiger partial charge in [0.25, 0.3) is 0 Å². The second kappa shape index (κ2) is 5.45. The second-order valence-corrected chi connectivity index (χ2v) is 4.85. The van der Waals surface area contributed by atoms with Gasteiger partial charge in [-0.2, -0.15) is 0 Å². The van der Waals surface area contributed by atoms with Gasteiger partial charge in [-0.15, -0.1) is 0 Å². The summed E-state index contributed by atoms with van der Waals surface area (Å²) >= 11 is 5.95. The third-order valence-corrected chi connectivity index (χ3v) is 3.66. The SMILES string of the molecule is COc1c(-c2ccc(Cl)c(C=O)c2)ccc(C)c1C. The molecule has 2 aromatic rings. The number of carbonyl (C=O) groups is 1. The van der Waals surface area contributed by atoms with E-state index in [1.807, 2.05) is 32.0 Å². The van der Waals surface area contributed by atoms with Crippen LogP contribution in [0.3, 0.4) is 0 Å². The molecule has 2 rings (SSSR count). The van der Waals surface area contributed by atoms with Crippen LogP contribution in [0.4, 0.5) is 0 Å². The fourth-order valence-electron chi connectivity index (χ4n) is 2.08. The van der Waals surface area contributed by atoms with Crippen molar-refractivity contribution in [3.8, 4) is 16.9 Å². The number of aryl methyl sites for hydroxylation is 1. The fraction of sp³-hybridized carbons (Fsp3) is 0.188. The predicted molar refractivity (Wildman–Crippen MR) is 78.3 cm³/mol. The van der Waals surface area contributed by atoms with Gasteiger partial charge in [-0.3, -0.25) is 4.79 Å². The van der Waals surface area contributed by atoms with Crippen LogP contribution in [0.5, 0.6) is 5.75 Å². The molecule has 2 aromatic carbocycles. The molecule has 98 valence electrons. The van der Waals surface area contributed by atoms with E-state index in [-0.39, 0.29) is 0 Å². The van der Waals surface area contributed by atoms with Gasteiger partial charge in [0.1, 0.15) is 5.75 Å². The van der Waals surface area contributed by atoms with Gasteiger partial charge in [-0.25, -0.2) is 0 Å². The summed E-state index contributed by atoms with van der Waals surface area (Å²) in [5.74, 6) is 0.833. The molecule has 0 N–H and O–H groups in total. The van der Waals surface area contributed by atoms with Gasteiger partial charge in [0, 0.05) is 11.1 Å². The molecule has 0 atom stereocenters. The second-order valence-electron chi connectivity index (χ2n) is 4.44. The molecule has 3 heteroatoms. The lowest BCUT2D eigenvalue weighted by Gasteiger charge is -2.14. The zero-order valence-corrected chi connectivity index (χ0v) is 11.9. The number of aldehydes is 1. The monoisotopic (exact) mass is 274 g/mol. The maximum Gasteiger partial charge on any atom is 0.151 e. The van der Waals surface area contributed by atoms with E-state index in [1.165, 1.54) is 5.56 Å². The van der Waals surface area contributed by atoms with Gasteiger partial charge in [-0.05, 0) is 42.7 Å². The zero-order valence-electron chi connectivity index (χ0n) is 11.2. The van der Waals surface area contributed by atoms with E-state index < -0.39 is 0 Å². The Labute approximate surface area is 118 Å². The molecule has 0 aliphatic rings. The highest BCUT2D eigenvalue weighted by Crippen LogP contribution is 2.35. The summed E-state index contributed by atoms with van der Waals surface area (Å²) in [6.07, 6.45) is 0.763. The molecule has 0 aromatic heterocycles. The molecule has 0 spiro atoms. The van der Waals surface area contributed by atoms with Crippen molar-refractivity contribution in [2.75, 3.05) is 7.11 Å². The largest absolute Gasteiger partial charge is 0.496 e. The first-order valence-corrected chi connectivity index (χ1v) is 6.35. The minimum atomic E-state index is 0.460. The highest BCUT2D eigenvalue weighted by atomic mass is 35.5. The summed E-state index contributed by atoms with van der Waals surface area (Å²) in [5.41, 5.74) is 4.64. The third-order valence-electron chi connectivity index (χ3n) is 3.31. The Kier molecular flexibility index (Phi) is 3.91. The van der Waals surface area contributed by atoms with Crippen LogP contribution in [0.25, 0.3) is 11.1 Å². The van der Waals surface area contributed by atoms with Crippen LogP contribution in [0.1, 0.15) is 21.5 Å². The molecule has 0 amide bonds. The van der Waals surface area contributed by atoms with Crippen LogP contribution in [-0.4, -0.2) is 13.4 Å². The molecule has 2 nitrogen and oxygen atoms in total. The normalized spacial score (nSPS) is 10.3. The van der Waals surface area contributed by atoms with Crippen molar-refractivity contribution in [3.05, 3.63) is 52.0 Å². The minimum absolute atomic E-state index is 0.460. The predicted octanol–water partition coefficient (Wildman–Crippen LogP) is 4.44. The summed E-state index contributed by atoms with van der Waals surface area (Å²) < 4.78 is 5.49. The lowest BCUT2D eigenvalue weighted by molar-refractivity contribution is 0.112. The van der Waals surface area contributed by atoms with Crippen molar-refractivity contribution in [3.63, 3.8) is 0 Å². The van der Waals surface area contributed by atoms with Crippen LogP contribution < -0.4 is 4.74 Å². The van der Waals surface area contributed by atoms with Crippen molar-refractivity contribution in [1.82, 2.24) is 0 Å². The van der Waals surface area contributed by atoms with Gasteiger partial charge in [0.05, 0.1) is 12.1 Å². The number of methoxy groups -OCH3 is 1. The Morgan fingerprint density at radius 1 is 1.16 bits per heavy atom. The van der Waals surface area contributed by atoms with Crippen LogP contribution in [0, 0.1) is 13.8 Å². The summed E-state index contributed by atoms with van der Waals surface area (Å²) in [6.45, 7) is 4.06. The van der Waals surface area contributed by atoms with Gasteiger partial charge in [0.15, 0.2) is 6.29 Å².